The summed E-state index contributed by atoms with van der Waals surface area (Å²) in [7, 11) is -2.92. The Morgan fingerprint density at radius 2 is 2.00 bits per heavy atom. The Bertz CT molecular complexity index is 542. The summed E-state index contributed by atoms with van der Waals surface area (Å²) in [4.78, 5) is 0. The van der Waals surface area contributed by atoms with Gasteiger partial charge in [0.15, 0.2) is 14.9 Å². The Kier molecular flexibility index (Phi) is 3.59. The van der Waals surface area contributed by atoms with Gasteiger partial charge in [-0.2, -0.15) is 0 Å². The van der Waals surface area contributed by atoms with Crippen LogP contribution in [0.25, 0.3) is 0 Å². The van der Waals surface area contributed by atoms with E-state index in [1.807, 2.05) is 37.3 Å². The smallest absolute Gasteiger partial charge is 0.171 e. The zero-order valence-corrected chi connectivity index (χ0v) is 11.8. The summed E-state index contributed by atoms with van der Waals surface area (Å²) < 4.78 is 23.0. The molecule has 2 N–H and O–H groups in total. The van der Waals surface area contributed by atoms with Crippen LogP contribution in [0.2, 0.25) is 0 Å². The highest BCUT2D eigenvalue weighted by molar-refractivity contribution is 7.91. The fourth-order valence-electron chi connectivity index (χ4n) is 2.07. The molecule has 1 aliphatic heterocycles. The highest BCUT2D eigenvalue weighted by atomic mass is 32.2. The van der Waals surface area contributed by atoms with Crippen LogP contribution >= 0.6 is 12.2 Å². The van der Waals surface area contributed by atoms with Crippen molar-refractivity contribution in [3.8, 4) is 0 Å². The fraction of sp³-hybridized carbons (Fsp3) is 0.417. The molecule has 1 atom stereocenters. The van der Waals surface area contributed by atoms with Gasteiger partial charge in [0.25, 0.3) is 0 Å². The van der Waals surface area contributed by atoms with Gasteiger partial charge in [0.1, 0.15) is 0 Å². The lowest BCUT2D eigenvalue weighted by atomic mass is 10.0. The molecule has 0 radical (unpaired) electrons. The average molecular weight is 284 g/mol. The normalized spacial score (nSPS) is 25.6. The van der Waals surface area contributed by atoms with Gasteiger partial charge in [-0.1, -0.05) is 18.2 Å². The van der Waals surface area contributed by atoms with Crippen molar-refractivity contribution < 1.29 is 8.42 Å². The second-order valence-electron chi connectivity index (χ2n) is 4.85. The molecule has 0 saturated carbocycles. The van der Waals surface area contributed by atoms with Crippen molar-refractivity contribution in [2.75, 3.05) is 16.8 Å². The van der Waals surface area contributed by atoms with E-state index in [0.29, 0.717) is 11.5 Å². The molecule has 1 aromatic carbocycles. The molecule has 2 rings (SSSR count). The standard InChI is InChI=1S/C12H16N2O2S2/c1-12(7-8-18(15,16)9-12)14-11(17)13-10-5-3-2-4-6-10/h2-6H,7-9H2,1H3,(H2,13,14,17)/t12-/m1/s1. The maximum Gasteiger partial charge on any atom is 0.171 e. The van der Waals surface area contributed by atoms with Gasteiger partial charge in [0, 0.05) is 5.69 Å². The molecular weight excluding hydrogens is 268 g/mol. The van der Waals surface area contributed by atoms with Crippen molar-refractivity contribution >= 4 is 32.9 Å². The molecule has 0 aromatic heterocycles. The maximum atomic E-state index is 11.5. The van der Waals surface area contributed by atoms with E-state index in [1.54, 1.807) is 0 Å². The highest BCUT2D eigenvalue weighted by Crippen LogP contribution is 2.22. The van der Waals surface area contributed by atoms with Crippen molar-refractivity contribution in [2.24, 2.45) is 0 Å². The first-order valence-corrected chi connectivity index (χ1v) is 7.96. The van der Waals surface area contributed by atoms with Gasteiger partial charge in [-0.05, 0) is 37.7 Å². The monoisotopic (exact) mass is 284 g/mol. The Morgan fingerprint density at radius 1 is 1.33 bits per heavy atom. The number of hydrogen-bond donors (Lipinski definition) is 2. The average Bonchev–Trinajstić information content (AvgIpc) is 2.53. The third-order valence-electron chi connectivity index (χ3n) is 2.95. The van der Waals surface area contributed by atoms with Crippen LogP contribution in [0, 0.1) is 0 Å². The van der Waals surface area contributed by atoms with Gasteiger partial charge in [0.05, 0.1) is 17.0 Å². The van der Waals surface area contributed by atoms with Crippen LogP contribution in [-0.4, -0.2) is 30.6 Å². The zero-order chi connectivity index (χ0) is 13.2. The number of sulfone groups is 1. The van der Waals surface area contributed by atoms with Gasteiger partial charge in [-0.3, -0.25) is 0 Å². The Morgan fingerprint density at radius 3 is 2.56 bits per heavy atom. The SMILES string of the molecule is C[C@@]1(NC(=S)Nc2ccccc2)CCS(=O)(=O)C1. The number of thiocarbonyl (C=S) groups is 1. The molecule has 98 valence electrons. The Hall–Kier alpha value is -1.14. The fourth-order valence-corrected chi connectivity index (χ4v) is 4.52. The van der Waals surface area contributed by atoms with Crippen molar-refractivity contribution in [3.63, 3.8) is 0 Å². The third kappa shape index (κ3) is 3.43. The second-order valence-corrected chi connectivity index (χ2v) is 7.44. The van der Waals surface area contributed by atoms with E-state index in [2.05, 4.69) is 10.6 Å². The number of benzene rings is 1. The van der Waals surface area contributed by atoms with E-state index < -0.39 is 15.4 Å². The van der Waals surface area contributed by atoms with E-state index >= 15 is 0 Å². The molecule has 1 saturated heterocycles. The topological polar surface area (TPSA) is 58.2 Å². The molecular formula is C12H16N2O2S2. The van der Waals surface area contributed by atoms with Crippen molar-refractivity contribution in [1.29, 1.82) is 0 Å². The number of hydrogen-bond acceptors (Lipinski definition) is 3. The van der Waals surface area contributed by atoms with Crippen LogP contribution in [0.15, 0.2) is 30.3 Å². The molecule has 1 heterocycles. The number of rotatable bonds is 2. The molecule has 18 heavy (non-hydrogen) atoms. The lowest BCUT2D eigenvalue weighted by molar-refractivity contribution is 0.474. The van der Waals surface area contributed by atoms with Crippen LogP contribution in [0.1, 0.15) is 13.3 Å². The highest BCUT2D eigenvalue weighted by Gasteiger charge is 2.38. The summed E-state index contributed by atoms with van der Waals surface area (Å²) in [5.41, 5.74) is 0.428. The summed E-state index contributed by atoms with van der Waals surface area (Å²) in [6.07, 6.45) is 0.589. The summed E-state index contributed by atoms with van der Waals surface area (Å²) in [5, 5.41) is 6.61. The Labute approximate surface area is 113 Å². The Balaban J connectivity index is 1.96. The van der Waals surface area contributed by atoms with Gasteiger partial charge >= 0.3 is 0 Å². The lowest BCUT2D eigenvalue weighted by Gasteiger charge is -2.25. The first-order chi connectivity index (χ1) is 8.39. The lowest BCUT2D eigenvalue weighted by Crippen LogP contribution is -2.48. The molecule has 0 bridgehead atoms. The largest absolute Gasteiger partial charge is 0.356 e. The molecule has 0 unspecified atom stereocenters. The summed E-state index contributed by atoms with van der Waals surface area (Å²) in [6, 6.07) is 9.55. The van der Waals surface area contributed by atoms with E-state index in [-0.39, 0.29) is 11.5 Å². The molecule has 1 aromatic rings. The summed E-state index contributed by atoms with van der Waals surface area (Å²) in [6.45, 7) is 1.89. The van der Waals surface area contributed by atoms with Gasteiger partial charge in [0.2, 0.25) is 0 Å². The van der Waals surface area contributed by atoms with Crippen LogP contribution < -0.4 is 10.6 Å². The molecule has 1 aliphatic rings. The second kappa shape index (κ2) is 4.85. The minimum atomic E-state index is -2.92. The molecule has 0 amide bonds. The molecule has 1 fully saturated rings. The van der Waals surface area contributed by atoms with E-state index in [4.69, 9.17) is 12.2 Å². The number of anilines is 1. The first kappa shape index (κ1) is 13.3. The van der Waals surface area contributed by atoms with E-state index in [1.165, 1.54) is 0 Å². The maximum absolute atomic E-state index is 11.5. The van der Waals surface area contributed by atoms with Gasteiger partial charge in [-0.25, -0.2) is 8.42 Å². The number of para-hydroxylation sites is 1. The van der Waals surface area contributed by atoms with E-state index in [0.717, 1.165) is 5.69 Å². The van der Waals surface area contributed by atoms with E-state index in [9.17, 15) is 8.42 Å². The van der Waals surface area contributed by atoms with Crippen molar-refractivity contribution in [1.82, 2.24) is 5.32 Å². The van der Waals surface area contributed by atoms with Crippen LogP contribution in [0.3, 0.4) is 0 Å². The molecule has 6 heteroatoms. The van der Waals surface area contributed by atoms with Crippen LogP contribution in [-0.2, 0) is 9.84 Å². The zero-order valence-electron chi connectivity index (χ0n) is 10.1. The molecule has 0 spiro atoms. The summed E-state index contributed by atoms with van der Waals surface area (Å²) >= 11 is 5.20. The van der Waals surface area contributed by atoms with Crippen LogP contribution in [0.5, 0.6) is 0 Å². The van der Waals surface area contributed by atoms with Gasteiger partial charge < -0.3 is 10.6 Å². The predicted octanol–water partition coefficient (Wildman–Crippen LogP) is 1.55. The third-order valence-corrected chi connectivity index (χ3v) is 5.06. The minimum Gasteiger partial charge on any atom is -0.356 e. The predicted molar refractivity (Wildman–Crippen MR) is 77.5 cm³/mol. The van der Waals surface area contributed by atoms with Crippen molar-refractivity contribution in [3.05, 3.63) is 30.3 Å². The van der Waals surface area contributed by atoms with Crippen molar-refractivity contribution in [2.45, 2.75) is 18.9 Å². The summed E-state index contributed by atoms with van der Waals surface area (Å²) in [5.74, 6) is 0.362. The van der Waals surface area contributed by atoms with Gasteiger partial charge in [-0.15, -0.1) is 0 Å². The molecule has 0 aliphatic carbocycles. The first-order valence-electron chi connectivity index (χ1n) is 5.73. The number of nitrogens with one attached hydrogen (secondary N) is 2. The quantitative estimate of drug-likeness (QED) is 0.807. The van der Waals surface area contributed by atoms with Crippen LogP contribution in [0.4, 0.5) is 5.69 Å². The molecule has 4 nitrogen and oxygen atoms in total. The minimum absolute atomic E-state index is 0.136.